The molecule has 0 unspecified atom stereocenters. The molecule has 0 aromatic heterocycles. The Labute approximate surface area is 113 Å². The fraction of sp³-hybridized carbons (Fsp3) is 0.533. The Morgan fingerprint density at radius 3 is 2.58 bits per heavy atom. The van der Waals surface area contributed by atoms with E-state index in [4.69, 9.17) is 4.74 Å². The maximum Gasteiger partial charge on any atom is 0.177 e. The number of Topliss-reactive ketones (excluding diaryl/α,β-unsaturated/α-hetero) is 1. The van der Waals surface area contributed by atoms with E-state index in [1.54, 1.807) is 6.07 Å². The quantitative estimate of drug-likeness (QED) is 0.872. The number of carbonyl (C=O) groups excluding carboxylic acids is 1. The summed E-state index contributed by atoms with van der Waals surface area (Å²) in [6, 6.07) is 5.47. The lowest BCUT2D eigenvalue weighted by Crippen LogP contribution is -2.38. The van der Waals surface area contributed by atoms with Crippen molar-refractivity contribution in [3.63, 3.8) is 0 Å². The molecule has 2 N–H and O–H groups in total. The molecule has 1 heterocycles. The Morgan fingerprint density at radius 2 is 2.00 bits per heavy atom. The van der Waals surface area contributed by atoms with Crippen LogP contribution in [-0.4, -0.2) is 35.8 Å². The van der Waals surface area contributed by atoms with E-state index in [2.05, 4.69) is 0 Å². The van der Waals surface area contributed by atoms with Gasteiger partial charge in [-0.15, -0.1) is 0 Å². The number of ether oxygens (including phenoxy) is 1. The summed E-state index contributed by atoms with van der Waals surface area (Å²) in [5.74, 6) is 0.622. The molecule has 1 aromatic rings. The van der Waals surface area contributed by atoms with Crippen molar-refractivity contribution in [3.05, 3.63) is 29.3 Å². The van der Waals surface area contributed by atoms with Gasteiger partial charge in [0.1, 0.15) is 5.75 Å². The molecule has 0 radical (unpaired) electrons. The Balaban J connectivity index is 2.56. The number of fused-ring (bicyclic) bond motifs is 1. The van der Waals surface area contributed by atoms with E-state index >= 15 is 0 Å². The Morgan fingerprint density at radius 1 is 1.32 bits per heavy atom. The van der Waals surface area contributed by atoms with Crippen LogP contribution in [0.2, 0.25) is 0 Å². The molecule has 0 fully saturated rings. The van der Waals surface area contributed by atoms with Crippen molar-refractivity contribution in [3.8, 4) is 5.75 Å². The lowest BCUT2D eigenvalue weighted by molar-refractivity contribution is 0.0345. The van der Waals surface area contributed by atoms with Crippen LogP contribution in [0, 0.1) is 5.41 Å². The van der Waals surface area contributed by atoms with E-state index in [0.29, 0.717) is 24.3 Å². The van der Waals surface area contributed by atoms with Crippen LogP contribution >= 0.6 is 0 Å². The lowest BCUT2D eigenvalue weighted by atomic mass is 9.79. The molecule has 0 aliphatic carbocycles. The largest absolute Gasteiger partial charge is 0.492 e. The molecule has 0 spiro atoms. The van der Waals surface area contributed by atoms with Gasteiger partial charge in [0.2, 0.25) is 0 Å². The van der Waals surface area contributed by atoms with Gasteiger partial charge in [0.25, 0.3) is 0 Å². The van der Waals surface area contributed by atoms with Gasteiger partial charge in [0, 0.05) is 0 Å². The van der Waals surface area contributed by atoms with Crippen LogP contribution in [0.4, 0.5) is 0 Å². The summed E-state index contributed by atoms with van der Waals surface area (Å²) in [6.45, 7) is 3.68. The standard InChI is InChI=1S/C15H20O4/c1-10(2)11-4-3-5-12-13(11)19-7-6-15(8-16,9-17)14(12)18/h3-5,10,16-17H,6-9H2,1-2H3. The van der Waals surface area contributed by atoms with E-state index in [0.717, 1.165) is 5.56 Å². The number of hydrogen-bond acceptors (Lipinski definition) is 4. The highest BCUT2D eigenvalue weighted by Gasteiger charge is 2.41. The summed E-state index contributed by atoms with van der Waals surface area (Å²) in [6.07, 6.45) is 0.324. The van der Waals surface area contributed by atoms with Crippen molar-refractivity contribution in [2.75, 3.05) is 19.8 Å². The van der Waals surface area contributed by atoms with Gasteiger partial charge >= 0.3 is 0 Å². The number of benzene rings is 1. The fourth-order valence-electron chi connectivity index (χ4n) is 2.45. The normalized spacial score (nSPS) is 17.8. The van der Waals surface area contributed by atoms with Crippen molar-refractivity contribution in [2.45, 2.75) is 26.2 Å². The summed E-state index contributed by atoms with van der Waals surface area (Å²) < 4.78 is 5.73. The van der Waals surface area contributed by atoms with E-state index in [1.165, 1.54) is 0 Å². The summed E-state index contributed by atoms with van der Waals surface area (Å²) in [7, 11) is 0. The highest BCUT2D eigenvalue weighted by atomic mass is 16.5. The monoisotopic (exact) mass is 264 g/mol. The molecule has 0 saturated carbocycles. The summed E-state index contributed by atoms with van der Waals surface area (Å²) in [5, 5.41) is 19.0. The van der Waals surface area contributed by atoms with Crippen LogP contribution < -0.4 is 4.74 Å². The zero-order valence-corrected chi connectivity index (χ0v) is 11.3. The molecule has 0 bridgehead atoms. The van der Waals surface area contributed by atoms with E-state index in [-0.39, 0.29) is 24.9 Å². The first kappa shape index (κ1) is 14.0. The van der Waals surface area contributed by atoms with Crippen LogP contribution in [-0.2, 0) is 0 Å². The topological polar surface area (TPSA) is 66.8 Å². The highest BCUT2D eigenvalue weighted by Crippen LogP contribution is 2.38. The van der Waals surface area contributed by atoms with Crippen LogP contribution in [0.1, 0.15) is 42.1 Å². The number of rotatable bonds is 3. The first-order valence-electron chi connectivity index (χ1n) is 6.58. The average molecular weight is 264 g/mol. The fourth-order valence-corrected chi connectivity index (χ4v) is 2.45. The maximum atomic E-state index is 12.6. The van der Waals surface area contributed by atoms with Crippen molar-refractivity contribution in [2.24, 2.45) is 5.41 Å². The predicted molar refractivity (Wildman–Crippen MR) is 71.6 cm³/mol. The number of aliphatic hydroxyl groups is 2. The molecular weight excluding hydrogens is 244 g/mol. The number of hydrogen-bond donors (Lipinski definition) is 2. The second-order valence-electron chi connectivity index (χ2n) is 5.40. The molecule has 2 rings (SSSR count). The lowest BCUT2D eigenvalue weighted by Gasteiger charge is -2.25. The number of aliphatic hydroxyl groups excluding tert-OH is 2. The van der Waals surface area contributed by atoms with Crippen molar-refractivity contribution >= 4 is 5.78 Å². The summed E-state index contributed by atoms with van der Waals surface area (Å²) >= 11 is 0. The molecule has 0 saturated heterocycles. The van der Waals surface area contributed by atoms with Crippen LogP contribution in [0.3, 0.4) is 0 Å². The van der Waals surface area contributed by atoms with Crippen LogP contribution in [0.5, 0.6) is 5.75 Å². The zero-order valence-electron chi connectivity index (χ0n) is 11.3. The number of para-hydroxylation sites is 1. The third-order valence-electron chi connectivity index (χ3n) is 3.83. The first-order chi connectivity index (χ1) is 9.05. The van der Waals surface area contributed by atoms with Crippen molar-refractivity contribution in [1.29, 1.82) is 0 Å². The van der Waals surface area contributed by atoms with Gasteiger partial charge in [-0.3, -0.25) is 4.79 Å². The minimum Gasteiger partial charge on any atom is -0.492 e. The molecule has 19 heavy (non-hydrogen) atoms. The summed E-state index contributed by atoms with van der Waals surface area (Å²) in [5.41, 5.74) is 0.324. The summed E-state index contributed by atoms with van der Waals surface area (Å²) in [4.78, 5) is 12.6. The van der Waals surface area contributed by atoms with Gasteiger partial charge in [0.15, 0.2) is 5.78 Å². The van der Waals surface area contributed by atoms with Gasteiger partial charge in [-0.2, -0.15) is 0 Å². The second-order valence-corrected chi connectivity index (χ2v) is 5.40. The van der Waals surface area contributed by atoms with Gasteiger partial charge in [-0.25, -0.2) is 0 Å². The zero-order chi connectivity index (χ0) is 14.0. The number of carbonyl (C=O) groups is 1. The van der Waals surface area contributed by atoms with Gasteiger partial charge in [0.05, 0.1) is 30.8 Å². The van der Waals surface area contributed by atoms with Gasteiger partial charge < -0.3 is 14.9 Å². The van der Waals surface area contributed by atoms with Crippen molar-refractivity contribution in [1.82, 2.24) is 0 Å². The molecule has 0 amide bonds. The Kier molecular flexibility index (Phi) is 3.92. The molecule has 1 aliphatic rings. The molecule has 1 aromatic carbocycles. The SMILES string of the molecule is CC(C)c1cccc2c1OCCC(CO)(CO)C2=O. The minimum atomic E-state index is -1.12. The smallest absolute Gasteiger partial charge is 0.177 e. The van der Waals surface area contributed by atoms with Crippen LogP contribution in [0.25, 0.3) is 0 Å². The molecule has 4 heteroatoms. The molecule has 104 valence electrons. The molecule has 0 atom stereocenters. The highest BCUT2D eigenvalue weighted by molar-refractivity contribution is 6.03. The average Bonchev–Trinajstić information content (AvgIpc) is 2.56. The predicted octanol–water partition coefficient (Wildman–Crippen LogP) is 1.75. The van der Waals surface area contributed by atoms with E-state index in [1.807, 2.05) is 26.0 Å². The van der Waals surface area contributed by atoms with Gasteiger partial charge in [-0.05, 0) is 24.0 Å². The maximum absolute atomic E-state index is 12.6. The first-order valence-corrected chi connectivity index (χ1v) is 6.58. The minimum absolute atomic E-state index is 0.229. The Bertz CT molecular complexity index is 475. The van der Waals surface area contributed by atoms with Crippen LogP contribution in [0.15, 0.2) is 18.2 Å². The van der Waals surface area contributed by atoms with Crippen molar-refractivity contribution < 1.29 is 19.7 Å². The molecule has 1 aliphatic heterocycles. The van der Waals surface area contributed by atoms with E-state index in [9.17, 15) is 15.0 Å². The second kappa shape index (κ2) is 5.31. The Hall–Kier alpha value is -1.39. The van der Waals surface area contributed by atoms with E-state index < -0.39 is 5.41 Å². The number of ketones is 1. The molecular formula is C15H20O4. The third-order valence-corrected chi connectivity index (χ3v) is 3.83. The third kappa shape index (κ3) is 2.26. The molecule has 4 nitrogen and oxygen atoms in total. The van der Waals surface area contributed by atoms with Gasteiger partial charge in [-0.1, -0.05) is 26.0 Å².